The van der Waals surface area contributed by atoms with Gasteiger partial charge in [0.25, 0.3) is 0 Å². The molecule has 1 aliphatic carbocycles. The number of pyridine rings is 1. The molecule has 0 saturated heterocycles. The molecule has 7 heteroatoms. The highest BCUT2D eigenvalue weighted by molar-refractivity contribution is 5.79. The first-order valence-electron chi connectivity index (χ1n) is 10.5. The normalized spacial score (nSPS) is 13.6. The van der Waals surface area contributed by atoms with Crippen molar-refractivity contribution >= 4 is 5.96 Å². The number of hydrogen-bond donors (Lipinski definition) is 2. The molecule has 162 valence electrons. The van der Waals surface area contributed by atoms with Gasteiger partial charge in [-0.25, -0.2) is 9.98 Å². The maximum atomic E-state index is 5.76. The van der Waals surface area contributed by atoms with Gasteiger partial charge in [-0.2, -0.15) is 0 Å². The number of benzene rings is 1. The zero-order valence-corrected chi connectivity index (χ0v) is 18.1. The van der Waals surface area contributed by atoms with Gasteiger partial charge in [0.15, 0.2) is 17.5 Å². The SMILES string of the molecule is CCNC(=NCc1ccnc(OCC2CC2)c1)NCCc1ccc(OC)c(OC)c1. The molecule has 1 aliphatic rings. The molecule has 1 saturated carbocycles. The van der Waals surface area contributed by atoms with Gasteiger partial charge < -0.3 is 24.8 Å². The van der Waals surface area contributed by atoms with E-state index < -0.39 is 0 Å². The van der Waals surface area contributed by atoms with Gasteiger partial charge in [-0.05, 0) is 61.4 Å². The second-order valence-electron chi connectivity index (χ2n) is 7.32. The largest absolute Gasteiger partial charge is 0.493 e. The third kappa shape index (κ3) is 6.83. The predicted molar refractivity (Wildman–Crippen MR) is 119 cm³/mol. The fraction of sp³-hybridized carbons (Fsp3) is 0.478. The van der Waals surface area contributed by atoms with Crippen molar-refractivity contribution in [2.75, 3.05) is 33.9 Å². The van der Waals surface area contributed by atoms with E-state index >= 15 is 0 Å². The maximum Gasteiger partial charge on any atom is 0.213 e. The zero-order chi connectivity index (χ0) is 21.2. The molecule has 7 nitrogen and oxygen atoms in total. The molecule has 0 atom stereocenters. The van der Waals surface area contributed by atoms with E-state index in [9.17, 15) is 0 Å². The minimum atomic E-state index is 0.563. The minimum absolute atomic E-state index is 0.563. The Hall–Kier alpha value is -2.96. The van der Waals surface area contributed by atoms with E-state index in [2.05, 4.69) is 22.5 Å². The van der Waals surface area contributed by atoms with Crippen molar-refractivity contribution in [1.29, 1.82) is 0 Å². The Morgan fingerprint density at radius 2 is 1.90 bits per heavy atom. The highest BCUT2D eigenvalue weighted by Gasteiger charge is 2.22. The van der Waals surface area contributed by atoms with Gasteiger partial charge in [0.2, 0.25) is 5.88 Å². The van der Waals surface area contributed by atoms with Crippen molar-refractivity contribution < 1.29 is 14.2 Å². The van der Waals surface area contributed by atoms with Gasteiger partial charge in [0, 0.05) is 25.4 Å². The molecule has 0 spiro atoms. The van der Waals surface area contributed by atoms with E-state index in [-0.39, 0.29) is 0 Å². The first-order valence-corrected chi connectivity index (χ1v) is 10.5. The molecule has 1 aromatic carbocycles. The fourth-order valence-corrected chi connectivity index (χ4v) is 2.99. The summed E-state index contributed by atoms with van der Waals surface area (Å²) >= 11 is 0. The quantitative estimate of drug-likeness (QED) is 0.436. The second kappa shape index (κ2) is 11.3. The summed E-state index contributed by atoms with van der Waals surface area (Å²) in [4.78, 5) is 8.98. The Bertz CT molecular complexity index is 837. The van der Waals surface area contributed by atoms with Crippen LogP contribution in [0.25, 0.3) is 0 Å². The third-order valence-corrected chi connectivity index (χ3v) is 4.88. The van der Waals surface area contributed by atoms with Crippen LogP contribution in [-0.4, -0.2) is 44.9 Å². The first-order chi connectivity index (χ1) is 14.7. The van der Waals surface area contributed by atoms with Gasteiger partial charge in [-0.15, -0.1) is 0 Å². The summed E-state index contributed by atoms with van der Waals surface area (Å²) in [5, 5.41) is 6.68. The standard InChI is InChI=1S/C23H32N4O3/c1-4-24-23(26-12-9-17-7-8-20(28-2)21(13-17)29-3)27-15-19-10-11-25-22(14-19)30-16-18-5-6-18/h7-8,10-11,13-14,18H,4-6,9,12,15-16H2,1-3H3,(H2,24,26,27). The molecular weight excluding hydrogens is 380 g/mol. The number of methoxy groups -OCH3 is 2. The van der Waals surface area contributed by atoms with Crippen molar-refractivity contribution in [3.63, 3.8) is 0 Å². The van der Waals surface area contributed by atoms with Crippen LogP contribution < -0.4 is 24.8 Å². The monoisotopic (exact) mass is 412 g/mol. The van der Waals surface area contributed by atoms with Crippen molar-refractivity contribution in [3.05, 3.63) is 47.7 Å². The Morgan fingerprint density at radius 3 is 2.63 bits per heavy atom. The summed E-state index contributed by atoms with van der Waals surface area (Å²) in [6, 6.07) is 9.93. The van der Waals surface area contributed by atoms with E-state index in [1.807, 2.05) is 30.3 Å². The highest BCUT2D eigenvalue weighted by atomic mass is 16.5. The average molecular weight is 413 g/mol. The van der Waals surface area contributed by atoms with Crippen LogP contribution in [0.3, 0.4) is 0 Å². The van der Waals surface area contributed by atoms with Crippen LogP contribution in [-0.2, 0) is 13.0 Å². The van der Waals surface area contributed by atoms with Crippen LogP contribution in [0, 0.1) is 5.92 Å². The Labute approximate surface area is 178 Å². The summed E-state index contributed by atoms with van der Waals surface area (Å²) in [5.41, 5.74) is 2.25. The summed E-state index contributed by atoms with van der Waals surface area (Å²) in [5.74, 6) is 3.66. The lowest BCUT2D eigenvalue weighted by atomic mass is 10.1. The van der Waals surface area contributed by atoms with Crippen molar-refractivity contribution in [1.82, 2.24) is 15.6 Å². The molecule has 2 aromatic rings. The van der Waals surface area contributed by atoms with E-state index in [4.69, 9.17) is 19.2 Å². The number of hydrogen-bond acceptors (Lipinski definition) is 5. The molecule has 0 amide bonds. The number of guanidine groups is 1. The first kappa shape index (κ1) is 21.7. The number of aliphatic imine (C=N–C) groups is 1. The number of aromatic nitrogens is 1. The molecule has 3 rings (SSSR count). The molecular formula is C23H32N4O3. The lowest BCUT2D eigenvalue weighted by Crippen LogP contribution is -2.38. The third-order valence-electron chi connectivity index (χ3n) is 4.88. The summed E-state index contributed by atoms with van der Waals surface area (Å²) in [6.45, 7) is 4.94. The van der Waals surface area contributed by atoms with Gasteiger partial charge in [0.05, 0.1) is 27.4 Å². The lowest BCUT2D eigenvalue weighted by Gasteiger charge is -2.13. The van der Waals surface area contributed by atoms with E-state index in [0.717, 1.165) is 49.1 Å². The Balaban J connectivity index is 1.52. The number of nitrogens with zero attached hydrogens (tertiary/aromatic N) is 2. The molecule has 1 aromatic heterocycles. The molecule has 2 N–H and O–H groups in total. The second-order valence-corrected chi connectivity index (χ2v) is 7.32. The number of nitrogens with one attached hydrogen (secondary N) is 2. The lowest BCUT2D eigenvalue weighted by molar-refractivity contribution is 0.288. The van der Waals surface area contributed by atoms with Gasteiger partial charge in [-0.1, -0.05) is 6.07 Å². The molecule has 0 aliphatic heterocycles. The van der Waals surface area contributed by atoms with E-state index in [1.54, 1.807) is 20.4 Å². The average Bonchev–Trinajstić information content (AvgIpc) is 3.61. The summed E-state index contributed by atoms with van der Waals surface area (Å²) in [6.07, 6.45) is 5.17. The summed E-state index contributed by atoms with van der Waals surface area (Å²) in [7, 11) is 3.29. The fourth-order valence-electron chi connectivity index (χ4n) is 2.99. The van der Waals surface area contributed by atoms with Gasteiger partial charge in [-0.3, -0.25) is 0 Å². The minimum Gasteiger partial charge on any atom is -0.493 e. The zero-order valence-electron chi connectivity index (χ0n) is 18.1. The molecule has 1 heterocycles. The van der Waals surface area contributed by atoms with Crippen LogP contribution in [0.1, 0.15) is 30.9 Å². The van der Waals surface area contributed by atoms with Gasteiger partial charge in [0.1, 0.15) is 0 Å². The molecule has 30 heavy (non-hydrogen) atoms. The number of ether oxygens (including phenoxy) is 3. The highest BCUT2D eigenvalue weighted by Crippen LogP contribution is 2.29. The molecule has 0 unspecified atom stereocenters. The predicted octanol–water partition coefficient (Wildman–Crippen LogP) is 3.19. The van der Waals surface area contributed by atoms with Crippen molar-refractivity contribution in [2.45, 2.75) is 32.7 Å². The van der Waals surface area contributed by atoms with E-state index in [0.29, 0.717) is 18.3 Å². The van der Waals surface area contributed by atoms with Crippen molar-refractivity contribution in [3.8, 4) is 17.4 Å². The van der Waals surface area contributed by atoms with Crippen molar-refractivity contribution in [2.24, 2.45) is 10.9 Å². The molecule has 1 fully saturated rings. The Kier molecular flexibility index (Phi) is 8.18. The van der Waals surface area contributed by atoms with Crippen LogP contribution in [0.2, 0.25) is 0 Å². The topological polar surface area (TPSA) is 77.0 Å². The number of rotatable bonds is 11. The van der Waals surface area contributed by atoms with Gasteiger partial charge >= 0.3 is 0 Å². The maximum absolute atomic E-state index is 5.76. The van der Waals surface area contributed by atoms with Crippen LogP contribution in [0.4, 0.5) is 0 Å². The smallest absolute Gasteiger partial charge is 0.213 e. The Morgan fingerprint density at radius 1 is 1.07 bits per heavy atom. The molecule has 0 radical (unpaired) electrons. The van der Waals surface area contributed by atoms with Crippen LogP contribution in [0.15, 0.2) is 41.5 Å². The van der Waals surface area contributed by atoms with E-state index in [1.165, 1.54) is 18.4 Å². The van der Waals surface area contributed by atoms with Crippen LogP contribution >= 0.6 is 0 Å². The molecule has 0 bridgehead atoms. The van der Waals surface area contributed by atoms with Crippen LogP contribution in [0.5, 0.6) is 17.4 Å². The summed E-state index contributed by atoms with van der Waals surface area (Å²) < 4.78 is 16.4.